The van der Waals surface area contributed by atoms with E-state index in [2.05, 4.69) is 10.6 Å². The Morgan fingerprint density at radius 3 is 2.37 bits per heavy atom. The van der Waals surface area contributed by atoms with E-state index in [0.717, 1.165) is 17.9 Å². The Bertz CT molecular complexity index is 677. The average molecular weight is 373 g/mol. The van der Waals surface area contributed by atoms with E-state index in [1.54, 1.807) is 12.0 Å². The van der Waals surface area contributed by atoms with Gasteiger partial charge in [0, 0.05) is 31.1 Å². The first-order valence-corrected chi connectivity index (χ1v) is 9.75. The van der Waals surface area contributed by atoms with E-state index >= 15 is 0 Å². The second-order valence-electron chi connectivity index (χ2n) is 8.76. The van der Waals surface area contributed by atoms with Crippen LogP contribution in [-0.2, 0) is 4.79 Å². The van der Waals surface area contributed by atoms with Gasteiger partial charge in [-0.1, -0.05) is 12.1 Å². The molecule has 2 unspecified atom stereocenters. The minimum atomic E-state index is -0.307. The number of carbonyl (C=O) groups excluding carboxylic acids is 2. The van der Waals surface area contributed by atoms with E-state index in [-0.39, 0.29) is 29.3 Å². The summed E-state index contributed by atoms with van der Waals surface area (Å²) >= 11 is 0. The van der Waals surface area contributed by atoms with E-state index in [1.807, 2.05) is 45.0 Å². The highest BCUT2D eigenvalue weighted by Crippen LogP contribution is 2.34. The third-order valence-electron chi connectivity index (χ3n) is 5.23. The van der Waals surface area contributed by atoms with Crippen molar-refractivity contribution in [3.8, 4) is 5.75 Å². The molecular formula is C21H31N3O3. The maximum Gasteiger partial charge on any atom is 0.317 e. The predicted octanol–water partition coefficient (Wildman–Crippen LogP) is 2.74. The van der Waals surface area contributed by atoms with Crippen LogP contribution in [0.5, 0.6) is 5.75 Å². The van der Waals surface area contributed by atoms with E-state index in [9.17, 15) is 9.59 Å². The summed E-state index contributed by atoms with van der Waals surface area (Å²) in [5.41, 5.74) is 0.757. The van der Waals surface area contributed by atoms with Crippen molar-refractivity contribution in [3.63, 3.8) is 0 Å². The van der Waals surface area contributed by atoms with Gasteiger partial charge in [-0.3, -0.25) is 4.79 Å². The first-order valence-electron chi connectivity index (χ1n) is 9.75. The molecule has 1 saturated heterocycles. The van der Waals surface area contributed by atoms with E-state index in [1.165, 1.54) is 12.8 Å². The number of benzene rings is 1. The molecule has 0 bridgehead atoms. The zero-order chi connectivity index (χ0) is 19.6. The normalized spacial score (nSPS) is 22.4. The Morgan fingerprint density at radius 1 is 1.15 bits per heavy atom. The Balaban J connectivity index is 1.75. The molecule has 6 heteroatoms. The quantitative estimate of drug-likeness (QED) is 0.834. The summed E-state index contributed by atoms with van der Waals surface area (Å²) in [6.45, 7) is 7.61. The Morgan fingerprint density at radius 2 is 1.81 bits per heavy atom. The number of ether oxygens (including phenoxy) is 1. The summed E-state index contributed by atoms with van der Waals surface area (Å²) < 4.78 is 5.24. The fourth-order valence-corrected chi connectivity index (χ4v) is 3.52. The minimum Gasteiger partial charge on any atom is -0.497 e. The highest BCUT2D eigenvalue weighted by molar-refractivity contribution is 5.83. The second-order valence-corrected chi connectivity index (χ2v) is 8.76. The second kappa shape index (κ2) is 7.79. The molecule has 1 heterocycles. The third kappa shape index (κ3) is 5.15. The SMILES string of the molecule is COc1ccc(C2CN(C(=O)NC(C)(C)C)CC2C(=O)NCC2CC2)cc1. The molecular weight excluding hydrogens is 342 g/mol. The number of hydrogen-bond acceptors (Lipinski definition) is 3. The van der Waals surface area contributed by atoms with Crippen molar-refractivity contribution in [3.05, 3.63) is 29.8 Å². The molecule has 0 aromatic heterocycles. The molecule has 2 fully saturated rings. The molecule has 3 rings (SSSR count). The first kappa shape index (κ1) is 19.5. The van der Waals surface area contributed by atoms with Gasteiger partial charge in [-0.2, -0.15) is 0 Å². The number of amides is 3. The number of rotatable bonds is 5. The molecule has 3 amide bonds. The Hall–Kier alpha value is -2.24. The number of nitrogens with one attached hydrogen (secondary N) is 2. The fraction of sp³-hybridized carbons (Fsp3) is 0.619. The maximum absolute atomic E-state index is 12.8. The van der Waals surface area contributed by atoms with Gasteiger partial charge in [0.2, 0.25) is 5.91 Å². The Labute approximate surface area is 161 Å². The smallest absolute Gasteiger partial charge is 0.317 e. The van der Waals surface area contributed by atoms with Crippen molar-refractivity contribution >= 4 is 11.9 Å². The number of methoxy groups -OCH3 is 1. The van der Waals surface area contributed by atoms with Crippen molar-refractivity contribution in [2.75, 3.05) is 26.7 Å². The summed E-state index contributed by atoms with van der Waals surface area (Å²) in [6.07, 6.45) is 2.40. The molecule has 27 heavy (non-hydrogen) atoms. The van der Waals surface area contributed by atoms with E-state index < -0.39 is 0 Å². The summed E-state index contributed by atoms with van der Waals surface area (Å²) in [6, 6.07) is 7.70. The monoisotopic (exact) mass is 373 g/mol. The Kier molecular flexibility index (Phi) is 5.63. The van der Waals surface area contributed by atoms with Crippen molar-refractivity contribution < 1.29 is 14.3 Å². The van der Waals surface area contributed by atoms with Crippen LogP contribution in [0, 0.1) is 11.8 Å². The standard InChI is InChI=1S/C21H31N3O3/c1-21(2,3)23-20(26)24-12-17(15-7-9-16(27-4)10-8-15)18(13-24)19(25)22-11-14-5-6-14/h7-10,14,17-18H,5-6,11-13H2,1-4H3,(H,22,25)(H,23,26). The van der Waals surface area contributed by atoms with E-state index in [4.69, 9.17) is 4.74 Å². The number of urea groups is 1. The van der Waals surface area contributed by atoms with Crippen LogP contribution in [0.4, 0.5) is 4.79 Å². The van der Waals surface area contributed by atoms with Crippen LogP contribution in [0.15, 0.2) is 24.3 Å². The molecule has 6 nitrogen and oxygen atoms in total. The topological polar surface area (TPSA) is 70.7 Å². The van der Waals surface area contributed by atoms with Gasteiger partial charge in [0.25, 0.3) is 0 Å². The first-order chi connectivity index (χ1) is 12.8. The van der Waals surface area contributed by atoms with Gasteiger partial charge in [0.05, 0.1) is 13.0 Å². The molecule has 0 radical (unpaired) electrons. The summed E-state index contributed by atoms with van der Waals surface area (Å²) in [5.74, 6) is 1.22. The highest BCUT2D eigenvalue weighted by Gasteiger charge is 2.41. The summed E-state index contributed by atoms with van der Waals surface area (Å²) in [7, 11) is 1.64. The van der Waals surface area contributed by atoms with Crippen LogP contribution in [0.3, 0.4) is 0 Å². The van der Waals surface area contributed by atoms with Gasteiger partial charge < -0.3 is 20.3 Å². The van der Waals surface area contributed by atoms with Crippen molar-refractivity contribution in [1.82, 2.24) is 15.5 Å². The molecule has 1 saturated carbocycles. The van der Waals surface area contributed by atoms with Crippen LogP contribution in [-0.4, -0.2) is 49.1 Å². The lowest BCUT2D eigenvalue weighted by Gasteiger charge is -2.25. The van der Waals surface area contributed by atoms with Gasteiger partial charge >= 0.3 is 6.03 Å². The largest absolute Gasteiger partial charge is 0.497 e. The lowest BCUT2D eigenvalue weighted by atomic mass is 9.88. The molecule has 0 spiro atoms. The van der Waals surface area contributed by atoms with Gasteiger partial charge in [0.1, 0.15) is 5.75 Å². The van der Waals surface area contributed by atoms with Crippen molar-refractivity contribution in [2.24, 2.45) is 11.8 Å². The predicted molar refractivity (Wildman–Crippen MR) is 105 cm³/mol. The molecule has 2 N–H and O–H groups in total. The summed E-state index contributed by atoms with van der Waals surface area (Å²) in [4.78, 5) is 27.3. The van der Waals surface area contributed by atoms with Crippen LogP contribution in [0.2, 0.25) is 0 Å². The molecule has 148 valence electrons. The van der Waals surface area contributed by atoms with Crippen LogP contribution in [0.25, 0.3) is 0 Å². The molecule has 1 aromatic carbocycles. The minimum absolute atomic E-state index is 0.0131. The van der Waals surface area contributed by atoms with Crippen LogP contribution < -0.4 is 15.4 Å². The van der Waals surface area contributed by atoms with Gasteiger partial charge in [-0.25, -0.2) is 4.79 Å². The molecule has 2 atom stereocenters. The number of hydrogen-bond donors (Lipinski definition) is 2. The highest BCUT2D eigenvalue weighted by atomic mass is 16.5. The number of likely N-dealkylation sites (tertiary alicyclic amines) is 1. The van der Waals surface area contributed by atoms with Gasteiger partial charge in [-0.15, -0.1) is 0 Å². The van der Waals surface area contributed by atoms with Gasteiger partial charge in [0.15, 0.2) is 0 Å². The zero-order valence-electron chi connectivity index (χ0n) is 16.7. The molecule has 1 aliphatic heterocycles. The number of nitrogens with zero attached hydrogens (tertiary/aromatic N) is 1. The van der Waals surface area contributed by atoms with Crippen molar-refractivity contribution in [2.45, 2.75) is 45.1 Å². The van der Waals surface area contributed by atoms with E-state index in [0.29, 0.717) is 19.0 Å². The molecule has 1 aliphatic carbocycles. The van der Waals surface area contributed by atoms with Gasteiger partial charge in [-0.05, 0) is 57.2 Å². The van der Waals surface area contributed by atoms with Crippen LogP contribution in [0.1, 0.15) is 45.1 Å². The van der Waals surface area contributed by atoms with Crippen molar-refractivity contribution in [1.29, 1.82) is 0 Å². The molecule has 1 aromatic rings. The lowest BCUT2D eigenvalue weighted by Crippen LogP contribution is -2.48. The molecule has 2 aliphatic rings. The summed E-state index contributed by atoms with van der Waals surface area (Å²) in [5, 5.41) is 6.10. The van der Waals surface area contributed by atoms with Crippen LogP contribution >= 0.6 is 0 Å². The third-order valence-corrected chi connectivity index (χ3v) is 5.23. The zero-order valence-corrected chi connectivity index (χ0v) is 16.7. The average Bonchev–Trinajstić information content (AvgIpc) is 3.34. The maximum atomic E-state index is 12.8. The fourth-order valence-electron chi connectivity index (χ4n) is 3.52. The number of carbonyl (C=O) groups is 2. The lowest BCUT2D eigenvalue weighted by molar-refractivity contribution is -0.125.